The minimum absolute atomic E-state index is 0.0825. The van der Waals surface area contributed by atoms with E-state index in [9.17, 15) is 4.79 Å². The van der Waals surface area contributed by atoms with E-state index in [4.69, 9.17) is 0 Å². The number of amides is 1. The number of carbonyl (C=O) groups is 1. The van der Waals surface area contributed by atoms with Gasteiger partial charge in [0.15, 0.2) is 0 Å². The van der Waals surface area contributed by atoms with Crippen molar-refractivity contribution >= 4 is 22.4 Å². The Morgan fingerprint density at radius 3 is 2.79 bits per heavy atom. The third kappa shape index (κ3) is 4.90. The van der Waals surface area contributed by atoms with Gasteiger partial charge in [0, 0.05) is 12.8 Å². The molecule has 1 aliphatic rings. The van der Waals surface area contributed by atoms with Crippen molar-refractivity contribution < 1.29 is 4.79 Å². The van der Waals surface area contributed by atoms with Crippen LogP contribution in [0.4, 0.5) is 5.13 Å². The Balaban J connectivity index is 1.73. The Kier molecular flexibility index (Phi) is 5.31. The molecule has 0 aliphatic heterocycles. The molecule has 19 heavy (non-hydrogen) atoms. The molecule has 5 heteroatoms. The van der Waals surface area contributed by atoms with Gasteiger partial charge < -0.3 is 5.32 Å². The summed E-state index contributed by atoms with van der Waals surface area (Å²) in [6.07, 6.45) is 7.82. The topological polar surface area (TPSA) is 54.9 Å². The van der Waals surface area contributed by atoms with Crippen LogP contribution in [-0.2, 0) is 11.2 Å². The zero-order valence-electron chi connectivity index (χ0n) is 11.8. The van der Waals surface area contributed by atoms with Crippen LogP contribution in [0.15, 0.2) is 0 Å². The Morgan fingerprint density at radius 2 is 2.11 bits per heavy atom. The van der Waals surface area contributed by atoms with Crippen molar-refractivity contribution in [2.24, 2.45) is 11.8 Å². The van der Waals surface area contributed by atoms with Crippen LogP contribution in [0.5, 0.6) is 0 Å². The van der Waals surface area contributed by atoms with Crippen LogP contribution in [0.2, 0.25) is 0 Å². The van der Waals surface area contributed by atoms with Gasteiger partial charge in [-0.15, -0.1) is 10.2 Å². The van der Waals surface area contributed by atoms with Crippen molar-refractivity contribution in [2.75, 3.05) is 5.32 Å². The minimum Gasteiger partial charge on any atom is -0.301 e. The maximum Gasteiger partial charge on any atom is 0.226 e. The third-order valence-corrected chi connectivity index (χ3v) is 4.41. The number of nitrogens with one attached hydrogen (secondary N) is 1. The van der Waals surface area contributed by atoms with E-state index in [1.165, 1.54) is 37.0 Å². The standard InChI is InChI=1S/C14H23N3OS/c1-10(2)9-13-16-17-14(19-13)15-12(18)8-7-11-5-3-4-6-11/h10-11H,3-9H2,1-2H3,(H,15,17,18). The first-order chi connectivity index (χ1) is 9.13. The largest absolute Gasteiger partial charge is 0.301 e. The normalized spacial score (nSPS) is 16.2. The highest BCUT2D eigenvalue weighted by atomic mass is 32.1. The number of nitrogens with zero attached hydrogens (tertiary/aromatic N) is 2. The number of aromatic nitrogens is 2. The fraction of sp³-hybridized carbons (Fsp3) is 0.786. The van der Waals surface area contributed by atoms with Crippen LogP contribution in [0.25, 0.3) is 0 Å². The Hall–Kier alpha value is -0.970. The number of hydrogen-bond donors (Lipinski definition) is 1. The van der Waals surface area contributed by atoms with Gasteiger partial charge in [-0.05, 0) is 18.3 Å². The molecule has 106 valence electrons. The van der Waals surface area contributed by atoms with Crippen molar-refractivity contribution in [3.05, 3.63) is 5.01 Å². The second-order valence-corrected chi connectivity index (χ2v) is 6.90. The van der Waals surface area contributed by atoms with Crippen molar-refractivity contribution in [2.45, 2.75) is 58.8 Å². The molecular formula is C14H23N3OS. The van der Waals surface area contributed by atoms with Crippen LogP contribution in [0.1, 0.15) is 57.4 Å². The summed E-state index contributed by atoms with van der Waals surface area (Å²) in [5, 5.41) is 12.6. The fourth-order valence-electron chi connectivity index (χ4n) is 2.55. The predicted octanol–water partition coefficient (Wildman–Crippen LogP) is 3.65. The van der Waals surface area contributed by atoms with Gasteiger partial charge in [-0.2, -0.15) is 0 Å². The second-order valence-electron chi connectivity index (χ2n) is 5.84. The van der Waals surface area contributed by atoms with Gasteiger partial charge in [0.25, 0.3) is 0 Å². The van der Waals surface area contributed by atoms with Gasteiger partial charge >= 0.3 is 0 Å². The molecule has 4 nitrogen and oxygen atoms in total. The molecule has 1 aromatic heterocycles. The predicted molar refractivity (Wildman–Crippen MR) is 78.3 cm³/mol. The molecule has 0 bridgehead atoms. The molecule has 1 fully saturated rings. The van der Waals surface area contributed by atoms with Crippen molar-refractivity contribution in [3.8, 4) is 0 Å². The third-order valence-electron chi connectivity index (χ3n) is 3.55. The summed E-state index contributed by atoms with van der Waals surface area (Å²) in [5.41, 5.74) is 0. The van der Waals surface area contributed by atoms with Crippen LogP contribution >= 0.6 is 11.3 Å². The van der Waals surface area contributed by atoms with Crippen LogP contribution < -0.4 is 5.32 Å². The summed E-state index contributed by atoms with van der Waals surface area (Å²) in [7, 11) is 0. The van der Waals surface area contributed by atoms with Gasteiger partial charge in [-0.25, -0.2) is 0 Å². The van der Waals surface area contributed by atoms with Gasteiger partial charge in [-0.1, -0.05) is 50.9 Å². The highest BCUT2D eigenvalue weighted by Gasteiger charge is 2.16. The molecule has 0 aromatic carbocycles. The molecule has 0 spiro atoms. The van der Waals surface area contributed by atoms with Gasteiger partial charge in [0.1, 0.15) is 5.01 Å². The number of carbonyl (C=O) groups excluding carboxylic acids is 1. The van der Waals surface area contributed by atoms with Crippen LogP contribution in [0.3, 0.4) is 0 Å². The van der Waals surface area contributed by atoms with E-state index >= 15 is 0 Å². The maximum atomic E-state index is 11.8. The van der Waals surface area contributed by atoms with Gasteiger partial charge in [-0.3, -0.25) is 4.79 Å². The molecule has 1 aromatic rings. The summed E-state index contributed by atoms with van der Waals surface area (Å²) in [5.74, 6) is 1.41. The lowest BCUT2D eigenvalue weighted by Crippen LogP contribution is -2.12. The molecule has 2 rings (SSSR count). The number of rotatable bonds is 6. The first-order valence-corrected chi connectivity index (χ1v) is 8.07. The smallest absolute Gasteiger partial charge is 0.226 e. The molecule has 0 saturated heterocycles. The summed E-state index contributed by atoms with van der Waals surface area (Å²) in [6, 6.07) is 0. The highest BCUT2D eigenvalue weighted by molar-refractivity contribution is 7.15. The van der Waals surface area contributed by atoms with E-state index in [0.717, 1.165) is 23.8 Å². The number of hydrogen-bond acceptors (Lipinski definition) is 4. The summed E-state index contributed by atoms with van der Waals surface area (Å²) in [4.78, 5) is 11.8. The lowest BCUT2D eigenvalue weighted by atomic mass is 10.0. The van der Waals surface area contributed by atoms with E-state index in [2.05, 4.69) is 29.4 Å². The molecule has 1 N–H and O–H groups in total. The minimum atomic E-state index is 0.0825. The lowest BCUT2D eigenvalue weighted by Gasteiger charge is -2.07. The summed E-state index contributed by atoms with van der Waals surface area (Å²) < 4.78 is 0. The lowest BCUT2D eigenvalue weighted by molar-refractivity contribution is -0.116. The summed E-state index contributed by atoms with van der Waals surface area (Å²) in [6.45, 7) is 4.31. The Labute approximate surface area is 119 Å². The maximum absolute atomic E-state index is 11.8. The van der Waals surface area contributed by atoms with E-state index in [0.29, 0.717) is 17.5 Å². The zero-order valence-corrected chi connectivity index (χ0v) is 12.6. The van der Waals surface area contributed by atoms with Crippen molar-refractivity contribution in [1.82, 2.24) is 10.2 Å². The fourth-order valence-corrected chi connectivity index (χ4v) is 3.52. The molecule has 1 amide bonds. The zero-order chi connectivity index (χ0) is 13.7. The van der Waals surface area contributed by atoms with Crippen LogP contribution in [-0.4, -0.2) is 16.1 Å². The monoisotopic (exact) mass is 281 g/mol. The molecular weight excluding hydrogens is 258 g/mol. The second kappa shape index (κ2) is 6.98. The average molecular weight is 281 g/mol. The van der Waals surface area contributed by atoms with Crippen LogP contribution in [0, 0.1) is 11.8 Å². The van der Waals surface area contributed by atoms with Gasteiger partial charge in [0.2, 0.25) is 11.0 Å². The first-order valence-electron chi connectivity index (χ1n) is 7.25. The van der Waals surface area contributed by atoms with E-state index < -0.39 is 0 Å². The van der Waals surface area contributed by atoms with E-state index in [1.807, 2.05) is 0 Å². The van der Waals surface area contributed by atoms with Crippen molar-refractivity contribution in [3.63, 3.8) is 0 Å². The quantitative estimate of drug-likeness (QED) is 0.866. The Morgan fingerprint density at radius 1 is 1.37 bits per heavy atom. The van der Waals surface area contributed by atoms with E-state index in [1.54, 1.807) is 0 Å². The molecule has 1 aliphatic carbocycles. The van der Waals surface area contributed by atoms with Gasteiger partial charge in [0.05, 0.1) is 0 Å². The number of anilines is 1. The van der Waals surface area contributed by atoms with E-state index in [-0.39, 0.29) is 5.91 Å². The molecule has 1 heterocycles. The molecule has 1 saturated carbocycles. The molecule has 0 radical (unpaired) electrons. The molecule has 0 unspecified atom stereocenters. The van der Waals surface area contributed by atoms with Crippen molar-refractivity contribution in [1.29, 1.82) is 0 Å². The molecule has 0 atom stereocenters. The Bertz CT molecular complexity index is 411. The highest BCUT2D eigenvalue weighted by Crippen LogP contribution is 2.28. The average Bonchev–Trinajstić information content (AvgIpc) is 2.97. The SMILES string of the molecule is CC(C)Cc1nnc(NC(=O)CCC2CCCC2)s1. The first kappa shape index (κ1) is 14.4. The summed E-state index contributed by atoms with van der Waals surface area (Å²) >= 11 is 1.49.